The largest absolute Gasteiger partial charge is 0.349 e. The van der Waals surface area contributed by atoms with E-state index in [-0.39, 0.29) is 35.8 Å². The fraction of sp³-hybridized carbons (Fsp3) is 0.636. The van der Waals surface area contributed by atoms with E-state index in [0.29, 0.717) is 19.0 Å². The van der Waals surface area contributed by atoms with E-state index in [4.69, 9.17) is 0 Å². The molecule has 6 nitrogen and oxygen atoms in total. The van der Waals surface area contributed by atoms with Gasteiger partial charge in [-0.1, -0.05) is 25.0 Å². The molecule has 1 aliphatic heterocycles. The van der Waals surface area contributed by atoms with Crippen LogP contribution in [0.25, 0.3) is 0 Å². The van der Waals surface area contributed by atoms with Crippen molar-refractivity contribution in [3.8, 4) is 0 Å². The van der Waals surface area contributed by atoms with Crippen LogP contribution in [0.15, 0.2) is 24.3 Å². The minimum absolute atomic E-state index is 0. The second-order valence-electron chi connectivity index (χ2n) is 8.15. The van der Waals surface area contributed by atoms with Crippen LogP contribution in [0.4, 0.5) is 10.5 Å². The van der Waals surface area contributed by atoms with E-state index in [2.05, 4.69) is 16.0 Å². The Kier molecular flexibility index (Phi) is 8.34. The molecule has 1 heterocycles. The number of urea groups is 1. The molecule has 3 atom stereocenters. The number of carbonyl (C=O) groups excluding carboxylic acids is 2. The van der Waals surface area contributed by atoms with Crippen LogP contribution < -0.4 is 16.0 Å². The molecule has 1 aromatic rings. The SMILES string of the molecule is CCN(CC)C(=O)Nc1ccc(C(C)NC(=O)[C@@]23CCCC[C@H]2CNC3)cc1.Cl. The predicted molar refractivity (Wildman–Crippen MR) is 119 cm³/mol. The Morgan fingerprint density at radius 3 is 2.55 bits per heavy atom. The highest BCUT2D eigenvalue weighted by Crippen LogP contribution is 2.44. The number of benzene rings is 1. The molecule has 1 saturated carbocycles. The highest BCUT2D eigenvalue weighted by atomic mass is 35.5. The van der Waals surface area contributed by atoms with Crippen LogP contribution in [0, 0.1) is 11.3 Å². The first kappa shape index (κ1) is 23.5. The molecule has 2 fully saturated rings. The van der Waals surface area contributed by atoms with Gasteiger partial charge in [0.15, 0.2) is 0 Å². The van der Waals surface area contributed by atoms with Gasteiger partial charge >= 0.3 is 6.03 Å². The van der Waals surface area contributed by atoms with E-state index in [1.807, 2.05) is 45.0 Å². The third kappa shape index (κ3) is 5.04. The summed E-state index contributed by atoms with van der Waals surface area (Å²) in [6, 6.07) is 7.61. The molecule has 3 N–H and O–H groups in total. The number of halogens is 1. The average molecular weight is 423 g/mol. The van der Waals surface area contributed by atoms with Gasteiger partial charge in [-0.3, -0.25) is 4.79 Å². The van der Waals surface area contributed by atoms with Gasteiger partial charge in [-0.05, 0) is 63.8 Å². The molecule has 0 radical (unpaired) electrons. The topological polar surface area (TPSA) is 73.5 Å². The minimum Gasteiger partial charge on any atom is -0.349 e. The van der Waals surface area contributed by atoms with Gasteiger partial charge in [-0.15, -0.1) is 12.4 Å². The second-order valence-corrected chi connectivity index (χ2v) is 8.15. The third-order valence-corrected chi connectivity index (χ3v) is 6.55. The van der Waals surface area contributed by atoms with Crippen molar-refractivity contribution in [2.24, 2.45) is 11.3 Å². The molecule has 2 aliphatic rings. The smallest absolute Gasteiger partial charge is 0.321 e. The number of carbonyl (C=O) groups is 2. The molecular formula is C22H35ClN4O2. The van der Waals surface area contributed by atoms with Crippen LogP contribution in [0.3, 0.4) is 0 Å². The maximum absolute atomic E-state index is 13.1. The van der Waals surface area contributed by atoms with Crippen LogP contribution >= 0.6 is 12.4 Å². The van der Waals surface area contributed by atoms with Crippen molar-refractivity contribution >= 4 is 30.0 Å². The van der Waals surface area contributed by atoms with Crippen LogP contribution in [0.1, 0.15) is 58.1 Å². The minimum atomic E-state index is -0.232. The summed E-state index contributed by atoms with van der Waals surface area (Å²) in [5, 5.41) is 9.61. The van der Waals surface area contributed by atoms with Crippen molar-refractivity contribution in [2.45, 2.75) is 52.5 Å². The van der Waals surface area contributed by atoms with Crippen molar-refractivity contribution in [2.75, 3.05) is 31.5 Å². The quantitative estimate of drug-likeness (QED) is 0.650. The molecule has 0 aromatic heterocycles. The van der Waals surface area contributed by atoms with E-state index < -0.39 is 0 Å². The number of anilines is 1. The van der Waals surface area contributed by atoms with E-state index in [1.54, 1.807) is 4.90 Å². The summed E-state index contributed by atoms with van der Waals surface area (Å²) in [5.41, 5.74) is 1.58. The van der Waals surface area contributed by atoms with Crippen molar-refractivity contribution in [1.82, 2.24) is 15.5 Å². The summed E-state index contributed by atoms with van der Waals surface area (Å²) in [7, 11) is 0. The second kappa shape index (κ2) is 10.3. The zero-order chi connectivity index (χ0) is 20.1. The lowest BCUT2D eigenvalue weighted by Gasteiger charge is -2.38. The monoisotopic (exact) mass is 422 g/mol. The normalized spacial score (nSPS) is 24.0. The van der Waals surface area contributed by atoms with Crippen molar-refractivity contribution in [1.29, 1.82) is 0 Å². The van der Waals surface area contributed by atoms with Crippen LogP contribution in [-0.2, 0) is 4.79 Å². The Bertz CT molecular complexity index is 693. The summed E-state index contributed by atoms with van der Waals surface area (Å²) >= 11 is 0. The first-order chi connectivity index (χ1) is 13.5. The van der Waals surface area contributed by atoms with Crippen LogP contribution in [-0.4, -0.2) is 43.0 Å². The van der Waals surface area contributed by atoms with Gasteiger partial charge in [0.2, 0.25) is 5.91 Å². The van der Waals surface area contributed by atoms with Crippen molar-refractivity contribution in [3.05, 3.63) is 29.8 Å². The van der Waals surface area contributed by atoms with E-state index in [0.717, 1.165) is 43.6 Å². The van der Waals surface area contributed by atoms with Crippen LogP contribution in [0.2, 0.25) is 0 Å². The summed E-state index contributed by atoms with van der Waals surface area (Å²) in [5.74, 6) is 0.653. The lowest BCUT2D eigenvalue weighted by atomic mass is 9.67. The van der Waals surface area contributed by atoms with E-state index in [9.17, 15) is 9.59 Å². The Hall–Kier alpha value is -1.79. The van der Waals surface area contributed by atoms with Gasteiger partial charge in [0.05, 0.1) is 11.5 Å². The molecule has 0 spiro atoms. The lowest BCUT2D eigenvalue weighted by molar-refractivity contribution is -0.134. The van der Waals surface area contributed by atoms with Gasteiger partial charge in [-0.2, -0.15) is 0 Å². The van der Waals surface area contributed by atoms with Gasteiger partial charge < -0.3 is 20.9 Å². The Morgan fingerprint density at radius 1 is 1.21 bits per heavy atom. The highest BCUT2D eigenvalue weighted by molar-refractivity contribution is 5.89. The summed E-state index contributed by atoms with van der Waals surface area (Å²) < 4.78 is 0. The number of amides is 3. The number of fused-ring (bicyclic) bond motifs is 1. The lowest BCUT2D eigenvalue weighted by Crippen LogP contribution is -2.48. The number of nitrogens with one attached hydrogen (secondary N) is 3. The zero-order valence-electron chi connectivity index (χ0n) is 17.8. The highest BCUT2D eigenvalue weighted by Gasteiger charge is 2.49. The van der Waals surface area contributed by atoms with Gasteiger partial charge in [0, 0.05) is 25.3 Å². The molecule has 1 aliphatic carbocycles. The molecule has 1 aromatic carbocycles. The number of nitrogens with zero attached hydrogens (tertiary/aromatic N) is 1. The molecular weight excluding hydrogens is 388 g/mol. The zero-order valence-corrected chi connectivity index (χ0v) is 18.6. The summed E-state index contributed by atoms with van der Waals surface area (Å²) in [4.78, 5) is 27.0. The maximum Gasteiger partial charge on any atom is 0.321 e. The molecule has 3 amide bonds. The van der Waals surface area contributed by atoms with Crippen molar-refractivity contribution in [3.63, 3.8) is 0 Å². The van der Waals surface area contributed by atoms with Gasteiger partial charge in [0.1, 0.15) is 0 Å². The molecule has 29 heavy (non-hydrogen) atoms. The van der Waals surface area contributed by atoms with Gasteiger partial charge in [-0.25, -0.2) is 4.79 Å². The fourth-order valence-electron chi connectivity index (χ4n) is 4.68. The molecule has 1 saturated heterocycles. The Labute approximate surface area is 180 Å². The number of hydrogen-bond donors (Lipinski definition) is 3. The van der Waals surface area contributed by atoms with Crippen LogP contribution in [0.5, 0.6) is 0 Å². The standard InChI is InChI=1S/C22H34N4O2.ClH/c1-4-26(5-2)21(28)25-19-11-9-17(10-12-19)16(3)24-20(27)22-13-7-6-8-18(22)14-23-15-22;/h9-12,16,18,23H,4-8,13-15H2,1-3H3,(H,24,27)(H,25,28);1H/t16?,18-,22+;/m0./s1. The Morgan fingerprint density at radius 2 is 1.90 bits per heavy atom. The number of rotatable bonds is 6. The first-order valence-electron chi connectivity index (χ1n) is 10.7. The summed E-state index contributed by atoms with van der Waals surface area (Å²) in [6.07, 6.45) is 4.51. The Balaban J connectivity index is 0.00000300. The number of hydrogen-bond acceptors (Lipinski definition) is 3. The fourth-order valence-corrected chi connectivity index (χ4v) is 4.68. The predicted octanol–water partition coefficient (Wildman–Crippen LogP) is 3.94. The van der Waals surface area contributed by atoms with E-state index in [1.165, 1.54) is 6.42 Å². The van der Waals surface area contributed by atoms with Gasteiger partial charge in [0.25, 0.3) is 0 Å². The molecule has 162 valence electrons. The molecule has 3 rings (SSSR count). The summed E-state index contributed by atoms with van der Waals surface area (Å²) in [6.45, 7) is 9.08. The van der Waals surface area contributed by atoms with Crippen molar-refractivity contribution < 1.29 is 9.59 Å². The molecule has 1 unspecified atom stereocenters. The maximum atomic E-state index is 13.1. The third-order valence-electron chi connectivity index (χ3n) is 6.55. The molecule has 0 bridgehead atoms. The first-order valence-corrected chi connectivity index (χ1v) is 10.7. The van der Waals surface area contributed by atoms with E-state index >= 15 is 0 Å². The molecule has 7 heteroatoms. The average Bonchev–Trinajstić information content (AvgIpc) is 3.15.